The van der Waals surface area contributed by atoms with Crippen molar-refractivity contribution in [2.24, 2.45) is 11.8 Å². The molecular weight excluding hydrogens is 120 g/mol. The zero-order chi connectivity index (χ0) is 6.69. The minimum Gasteiger partial charge on any atom is -0.381 e. The summed E-state index contributed by atoms with van der Waals surface area (Å²) < 4.78 is 4.96. The fourth-order valence-electron chi connectivity index (χ4n) is 0.859. The first-order valence-corrected chi connectivity index (χ1v) is 2.93. The first-order valence-electron chi connectivity index (χ1n) is 2.93. The van der Waals surface area contributed by atoms with E-state index in [0.29, 0.717) is 13.2 Å². The van der Waals surface area contributed by atoms with E-state index >= 15 is 0 Å². The van der Waals surface area contributed by atoms with Gasteiger partial charge in [-0.1, -0.05) is 0 Å². The fraction of sp³-hybridized carbons (Fsp3) is 0.800. The molecule has 0 aromatic carbocycles. The van der Waals surface area contributed by atoms with Gasteiger partial charge in [0.05, 0.1) is 12.5 Å². The monoisotopic (exact) mass is 130 g/mol. The van der Waals surface area contributed by atoms with E-state index < -0.39 is 0 Å². The van der Waals surface area contributed by atoms with Crippen molar-refractivity contribution in [3.63, 3.8) is 0 Å². The van der Waals surface area contributed by atoms with Gasteiger partial charge in [0.2, 0.25) is 5.91 Å². The summed E-state index contributed by atoms with van der Waals surface area (Å²) in [5.74, 6) is 4.76. The summed E-state index contributed by atoms with van der Waals surface area (Å²) in [7, 11) is 0. The minimum absolute atomic E-state index is 0.0185. The molecule has 0 radical (unpaired) electrons. The van der Waals surface area contributed by atoms with E-state index in [2.05, 4.69) is 5.43 Å². The molecule has 9 heavy (non-hydrogen) atoms. The van der Waals surface area contributed by atoms with Crippen LogP contribution in [-0.4, -0.2) is 19.1 Å². The van der Waals surface area contributed by atoms with Crippen molar-refractivity contribution in [3.05, 3.63) is 0 Å². The van der Waals surface area contributed by atoms with Crippen LogP contribution >= 0.6 is 0 Å². The molecule has 1 saturated heterocycles. The van der Waals surface area contributed by atoms with Gasteiger partial charge in [-0.3, -0.25) is 10.2 Å². The highest BCUT2D eigenvalue weighted by Crippen LogP contribution is 2.10. The van der Waals surface area contributed by atoms with Gasteiger partial charge in [-0.05, 0) is 6.42 Å². The van der Waals surface area contributed by atoms with Crippen LogP contribution in [0.3, 0.4) is 0 Å². The smallest absolute Gasteiger partial charge is 0.239 e. The molecule has 3 N–H and O–H groups in total. The summed E-state index contributed by atoms with van der Waals surface area (Å²) in [5, 5.41) is 0. The molecule has 0 spiro atoms. The number of carbonyl (C=O) groups excluding carboxylic acids is 1. The van der Waals surface area contributed by atoms with Crippen molar-refractivity contribution in [2.75, 3.05) is 13.2 Å². The second-order valence-electron chi connectivity index (χ2n) is 2.07. The van der Waals surface area contributed by atoms with Crippen molar-refractivity contribution < 1.29 is 9.53 Å². The van der Waals surface area contributed by atoms with Crippen LogP contribution in [-0.2, 0) is 9.53 Å². The standard InChI is InChI=1S/C5H10N2O2/c6-7-5(8)4-1-2-9-3-4/h4H,1-3,6H2,(H,7,8)/t4-/m0/s1. The number of rotatable bonds is 1. The molecule has 0 aromatic heterocycles. The Labute approximate surface area is 53.3 Å². The Kier molecular flexibility index (Phi) is 2.02. The van der Waals surface area contributed by atoms with Gasteiger partial charge in [0.1, 0.15) is 0 Å². The average molecular weight is 130 g/mol. The first-order chi connectivity index (χ1) is 4.34. The number of nitrogens with one attached hydrogen (secondary N) is 1. The lowest BCUT2D eigenvalue weighted by Gasteiger charge is -2.02. The molecule has 0 aliphatic carbocycles. The lowest BCUT2D eigenvalue weighted by molar-refractivity contribution is -0.125. The highest BCUT2D eigenvalue weighted by molar-refractivity contribution is 5.78. The molecule has 1 aliphatic heterocycles. The maximum atomic E-state index is 10.7. The van der Waals surface area contributed by atoms with Crippen LogP contribution in [0.25, 0.3) is 0 Å². The summed E-state index contributed by atoms with van der Waals surface area (Å²) in [6, 6.07) is 0. The highest BCUT2D eigenvalue weighted by Gasteiger charge is 2.22. The van der Waals surface area contributed by atoms with Crippen LogP contribution in [0.5, 0.6) is 0 Å². The summed E-state index contributed by atoms with van der Waals surface area (Å²) in [4.78, 5) is 10.7. The van der Waals surface area contributed by atoms with Crippen molar-refractivity contribution in [1.29, 1.82) is 0 Å². The zero-order valence-electron chi connectivity index (χ0n) is 5.09. The second-order valence-corrected chi connectivity index (χ2v) is 2.07. The number of hydrogen-bond acceptors (Lipinski definition) is 3. The molecular formula is C5H10N2O2. The highest BCUT2D eigenvalue weighted by atomic mass is 16.5. The Balaban J connectivity index is 2.32. The quantitative estimate of drug-likeness (QED) is 0.272. The predicted molar refractivity (Wildman–Crippen MR) is 31.3 cm³/mol. The van der Waals surface area contributed by atoms with Gasteiger partial charge < -0.3 is 4.74 Å². The van der Waals surface area contributed by atoms with E-state index in [9.17, 15) is 4.79 Å². The van der Waals surface area contributed by atoms with Crippen LogP contribution < -0.4 is 11.3 Å². The third kappa shape index (κ3) is 1.40. The van der Waals surface area contributed by atoms with Gasteiger partial charge in [-0.15, -0.1) is 0 Å². The summed E-state index contributed by atoms with van der Waals surface area (Å²) in [6.45, 7) is 1.20. The largest absolute Gasteiger partial charge is 0.381 e. The van der Waals surface area contributed by atoms with E-state index in [1.807, 2.05) is 0 Å². The molecule has 0 aromatic rings. The maximum absolute atomic E-state index is 10.7. The molecule has 1 aliphatic rings. The lowest BCUT2D eigenvalue weighted by atomic mass is 10.1. The van der Waals surface area contributed by atoms with Crippen LogP contribution in [0.2, 0.25) is 0 Å². The molecule has 1 fully saturated rings. The third-order valence-corrected chi connectivity index (χ3v) is 1.44. The molecule has 0 unspecified atom stereocenters. The normalized spacial score (nSPS) is 26.1. The SMILES string of the molecule is NNC(=O)[C@H]1CCOC1. The van der Waals surface area contributed by atoms with Gasteiger partial charge >= 0.3 is 0 Å². The summed E-state index contributed by atoms with van der Waals surface area (Å²) >= 11 is 0. The van der Waals surface area contributed by atoms with Gasteiger partial charge in [0.25, 0.3) is 0 Å². The number of nitrogens with two attached hydrogens (primary N) is 1. The van der Waals surface area contributed by atoms with Crippen LogP contribution in [0, 0.1) is 5.92 Å². The molecule has 4 heteroatoms. The van der Waals surface area contributed by atoms with Crippen LogP contribution in [0.15, 0.2) is 0 Å². The number of amides is 1. The van der Waals surface area contributed by atoms with E-state index in [-0.39, 0.29) is 11.8 Å². The van der Waals surface area contributed by atoms with Gasteiger partial charge in [0, 0.05) is 6.61 Å². The molecule has 0 bridgehead atoms. The van der Waals surface area contributed by atoms with Crippen molar-refractivity contribution in [1.82, 2.24) is 5.43 Å². The fourth-order valence-corrected chi connectivity index (χ4v) is 0.859. The summed E-state index contributed by atoms with van der Waals surface area (Å²) in [6.07, 6.45) is 0.795. The summed E-state index contributed by atoms with van der Waals surface area (Å²) in [5.41, 5.74) is 2.09. The number of ether oxygens (including phenoxy) is 1. The molecule has 52 valence electrons. The van der Waals surface area contributed by atoms with Crippen LogP contribution in [0.1, 0.15) is 6.42 Å². The van der Waals surface area contributed by atoms with E-state index in [0.717, 1.165) is 6.42 Å². The number of carbonyl (C=O) groups is 1. The topological polar surface area (TPSA) is 64.3 Å². The van der Waals surface area contributed by atoms with Gasteiger partial charge in [-0.25, -0.2) is 5.84 Å². The minimum atomic E-state index is -0.118. The second kappa shape index (κ2) is 2.80. The predicted octanol–water partition coefficient (Wildman–Crippen LogP) is -0.987. The Hall–Kier alpha value is -0.610. The Morgan fingerprint density at radius 3 is 3.00 bits per heavy atom. The Morgan fingerprint density at radius 2 is 2.56 bits per heavy atom. The lowest BCUT2D eigenvalue weighted by Crippen LogP contribution is -2.36. The number of hydrogen-bond donors (Lipinski definition) is 2. The van der Waals surface area contributed by atoms with E-state index in [1.54, 1.807) is 0 Å². The van der Waals surface area contributed by atoms with Gasteiger partial charge in [-0.2, -0.15) is 0 Å². The maximum Gasteiger partial charge on any atom is 0.239 e. The van der Waals surface area contributed by atoms with Crippen molar-refractivity contribution in [3.8, 4) is 0 Å². The Morgan fingerprint density at radius 1 is 1.78 bits per heavy atom. The molecule has 4 nitrogen and oxygen atoms in total. The Bertz CT molecular complexity index is 110. The molecule has 0 saturated carbocycles. The van der Waals surface area contributed by atoms with E-state index in [4.69, 9.17) is 10.6 Å². The number of hydrazine groups is 1. The van der Waals surface area contributed by atoms with E-state index in [1.165, 1.54) is 0 Å². The average Bonchev–Trinajstić information content (AvgIpc) is 2.37. The van der Waals surface area contributed by atoms with Gasteiger partial charge in [0.15, 0.2) is 0 Å². The molecule has 1 atom stereocenters. The van der Waals surface area contributed by atoms with Crippen molar-refractivity contribution >= 4 is 5.91 Å². The van der Waals surface area contributed by atoms with Crippen LogP contribution in [0.4, 0.5) is 0 Å². The molecule has 1 heterocycles. The first kappa shape index (κ1) is 6.51. The molecule has 1 rings (SSSR count). The van der Waals surface area contributed by atoms with Crippen molar-refractivity contribution in [2.45, 2.75) is 6.42 Å². The third-order valence-electron chi connectivity index (χ3n) is 1.44. The molecule has 1 amide bonds. The zero-order valence-corrected chi connectivity index (χ0v) is 5.09.